The number of pyridine rings is 1. The van der Waals surface area contributed by atoms with Gasteiger partial charge in [0.05, 0.1) is 0 Å². The van der Waals surface area contributed by atoms with E-state index in [0.29, 0.717) is 6.42 Å². The van der Waals surface area contributed by atoms with E-state index in [1.54, 1.807) is 17.5 Å². The van der Waals surface area contributed by atoms with E-state index in [0.717, 1.165) is 45.0 Å². The maximum atomic E-state index is 11.9. The molecule has 0 aliphatic carbocycles. The number of hydrogen-bond acceptors (Lipinski definition) is 4. The first-order chi connectivity index (χ1) is 11.2. The predicted octanol–water partition coefficient (Wildman–Crippen LogP) is 4.80. The van der Waals surface area contributed by atoms with Gasteiger partial charge in [0.25, 0.3) is 0 Å². The van der Waals surface area contributed by atoms with Gasteiger partial charge in [-0.2, -0.15) is 0 Å². The predicted molar refractivity (Wildman–Crippen MR) is 95.7 cm³/mol. The van der Waals surface area contributed by atoms with Crippen LogP contribution in [0.25, 0.3) is 20.9 Å². The van der Waals surface area contributed by atoms with Gasteiger partial charge in [0.15, 0.2) is 0 Å². The number of rotatable bonds is 5. The third-order valence-electron chi connectivity index (χ3n) is 3.67. The number of unbranched alkanes of at least 4 members (excludes halogenated alkanes) is 1. The molecule has 0 spiro atoms. The number of carbonyl (C=O) groups excluding carboxylic acids is 1. The Bertz CT molecular complexity index is 808. The molecule has 0 unspecified atom stereocenters. The topological polar surface area (TPSA) is 54.9 Å². The van der Waals surface area contributed by atoms with Crippen LogP contribution in [0.5, 0.6) is 0 Å². The van der Waals surface area contributed by atoms with Crippen molar-refractivity contribution in [2.75, 3.05) is 5.32 Å². The van der Waals surface area contributed by atoms with E-state index in [4.69, 9.17) is 0 Å². The summed E-state index contributed by atoms with van der Waals surface area (Å²) in [5.74, 6) is 0.0758. The van der Waals surface area contributed by atoms with Gasteiger partial charge in [-0.3, -0.25) is 4.79 Å². The van der Waals surface area contributed by atoms with Crippen molar-refractivity contribution in [3.8, 4) is 10.6 Å². The molecule has 3 rings (SSSR count). The maximum Gasteiger partial charge on any atom is 0.224 e. The van der Waals surface area contributed by atoms with Crippen LogP contribution < -0.4 is 5.32 Å². The highest BCUT2D eigenvalue weighted by Crippen LogP contribution is 2.31. The average Bonchev–Trinajstić information content (AvgIpc) is 2.99. The Balaban J connectivity index is 1.82. The number of aromatic nitrogens is 2. The zero-order valence-electron chi connectivity index (χ0n) is 13.3. The summed E-state index contributed by atoms with van der Waals surface area (Å²) in [5, 5.41) is 3.93. The number of nitrogens with one attached hydrogen (secondary N) is 1. The first kappa shape index (κ1) is 15.6. The Morgan fingerprint density at radius 1 is 1.30 bits per heavy atom. The first-order valence-electron chi connectivity index (χ1n) is 7.80. The Kier molecular flexibility index (Phi) is 4.67. The number of hydrogen-bond donors (Lipinski definition) is 1. The summed E-state index contributed by atoms with van der Waals surface area (Å²) in [6.07, 6.45) is 4.30. The second kappa shape index (κ2) is 6.87. The van der Waals surface area contributed by atoms with Crippen molar-refractivity contribution < 1.29 is 4.79 Å². The van der Waals surface area contributed by atoms with E-state index < -0.39 is 0 Å². The molecule has 1 amide bonds. The fourth-order valence-electron chi connectivity index (χ4n) is 2.38. The minimum absolute atomic E-state index is 0.0758. The molecule has 0 fully saturated rings. The van der Waals surface area contributed by atoms with Crippen LogP contribution in [-0.4, -0.2) is 15.9 Å². The molecule has 3 aromatic rings. The van der Waals surface area contributed by atoms with Crippen LogP contribution in [0.2, 0.25) is 0 Å². The molecule has 2 aromatic heterocycles. The highest BCUT2D eigenvalue weighted by Gasteiger charge is 2.09. The van der Waals surface area contributed by atoms with Crippen molar-refractivity contribution in [3.63, 3.8) is 0 Å². The quantitative estimate of drug-likeness (QED) is 0.733. The van der Waals surface area contributed by atoms with Gasteiger partial charge in [-0.25, -0.2) is 9.97 Å². The zero-order valence-corrected chi connectivity index (χ0v) is 14.1. The van der Waals surface area contributed by atoms with Crippen LogP contribution in [0.3, 0.4) is 0 Å². The number of amides is 1. The van der Waals surface area contributed by atoms with Gasteiger partial charge in [0.1, 0.15) is 15.4 Å². The third kappa shape index (κ3) is 3.56. The molecule has 1 N–H and O–H groups in total. The van der Waals surface area contributed by atoms with Crippen molar-refractivity contribution in [1.82, 2.24) is 9.97 Å². The fourth-order valence-corrected chi connectivity index (χ4v) is 3.28. The van der Waals surface area contributed by atoms with Gasteiger partial charge in [0.2, 0.25) is 5.91 Å². The SMILES string of the molecule is CCCCC(=O)Nc1ccc(-c2nc3cccnc3s2)cc1C. The number of nitrogens with zero attached hydrogens (tertiary/aromatic N) is 2. The second-order valence-electron chi connectivity index (χ2n) is 5.53. The summed E-state index contributed by atoms with van der Waals surface area (Å²) >= 11 is 1.58. The summed E-state index contributed by atoms with van der Waals surface area (Å²) in [6, 6.07) is 9.88. The third-order valence-corrected chi connectivity index (χ3v) is 4.70. The lowest BCUT2D eigenvalue weighted by molar-refractivity contribution is -0.116. The standard InChI is InChI=1S/C18H19N3OS/c1-3-4-7-16(22)20-14-9-8-13(11-12(14)2)17-21-15-6-5-10-19-18(15)23-17/h5-6,8-11H,3-4,7H2,1-2H3,(H,20,22). The van der Waals surface area contributed by atoms with Crippen LogP contribution >= 0.6 is 11.3 Å². The number of benzene rings is 1. The fraction of sp³-hybridized carbons (Fsp3) is 0.278. The summed E-state index contributed by atoms with van der Waals surface area (Å²) in [5.41, 5.74) is 3.88. The highest BCUT2D eigenvalue weighted by molar-refractivity contribution is 7.21. The molecule has 4 nitrogen and oxygen atoms in total. The lowest BCUT2D eigenvalue weighted by Gasteiger charge is -2.09. The normalized spacial score (nSPS) is 10.9. The van der Waals surface area contributed by atoms with E-state index >= 15 is 0 Å². The molecule has 0 aliphatic rings. The van der Waals surface area contributed by atoms with Crippen molar-refractivity contribution in [3.05, 3.63) is 42.1 Å². The van der Waals surface area contributed by atoms with Crippen LogP contribution in [0.1, 0.15) is 31.7 Å². The monoisotopic (exact) mass is 325 g/mol. The van der Waals surface area contributed by atoms with Crippen molar-refractivity contribution in [2.45, 2.75) is 33.1 Å². The lowest BCUT2D eigenvalue weighted by atomic mass is 10.1. The van der Waals surface area contributed by atoms with Gasteiger partial charge in [-0.05, 0) is 49.2 Å². The van der Waals surface area contributed by atoms with E-state index in [1.165, 1.54) is 0 Å². The first-order valence-corrected chi connectivity index (χ1v) is 8.61. The highest BCUT2D eigenvalue weighted by atomic mass is 32.1. The molecule has 0 radical (unpaired) electrons. The van der Waals surface area contributed by atoms with Crippen LogP contribution in [0.15, 0.2) is 36.5 Å². The maximum absolute atomic E-state index is 11.9. The average molecular weight is 325 g/mol. The summed E-state index contributed by atoms with van der Waals surface area (Å²) in [6.45, 7) is 4.09. The van der Waals surface area contributed by atoms with Crippen molar-refractivity contribution in [2.24, 2.45) is 0 Å². The molecular weight excluding hydrogens is 306 g/mol. The summed E-state index contributed by atoms with van der Waals surface area (Å²) in [7, 11) is 0. The van der Waals surface area contributed by atoms with Crippen molar-refractivity contribution in [1.29, 1.82) is 0 Å². The van der Waals surface area contributed by atoms with Gasteiger partial charge in [0, 0.05) is 23.9 Å². The Hall–Kier alpha value is -2.27. The van der Waals surface area contributed by atoms with Gasteiger partial charge < -0.3 is 5.32 Å². The Labute approximate surface area is 139 Å². The molecule has 118 valence electrons. The molecule has 23 heavy (non-hydrogen) atoms. The number of carbonyl (C=O) groups is 1. The molecule has 5 heteroatoms. The smallest absolute Gasteiger partial charge is 0.224 e. The number of anilines is 1. The Morgan fingerprint density at radius 2 is 2.17 bits per heavy atom. The van der Waals surface area contributed by atoms with Crippen molar-refractivity contribution >= 4 is 33.3 Å². The van der Waals surface area contributed by atoms with Crippen LogP contribution in [-0.2, 0) is 4.79 Å². The molecule has 0 saturated heterocycles. The van der Waals surface area contributed by atoms with Gasteiger partial charge >= 0.3 is 0 Å². The van der Waals surface area contributed by atoms with Crippen LogP contribution in [0, 0.1) is 6.92 Å². The molecule has 0 atom stereocenters. The van der Waals surface area contributed by atoms with Gasteiger partial charge in [-0.15, -0.1) is 0 Å². The van der Waals surface area contributed by atoms with Crippen LogP contribution in [0.4, 0.5) is 5.69 Å². The summed E-state index contributed by atoms with van der Waals surface area (Å²) in [4.78, 5) is 21.8. The number of aryl methyl sites for hydroxylation is 1. The largest absolute Gasteiger partial charge is 0.326 e. The van der Waals surface area contributed by atoms with E-state index in [-0.39, 0.29) is 5.91 Å². The lowest BCUT2D eigenvalue weighted by Crippen LogP contribution is -2.11. The minimum Gasteiger partial charge on any atom is -0.326 e. The molecular formula is C18H19N3OS. The van der Waals surface area contributed by atoms with Gasteiger partial charge in [-0.1, -0.05) is 24.7 Å². The minimum atomic E-state index is 0.0758. The number of thiazole rings is 1. The molecule has 1 aromatic carbocycles. The molecule has 0 aliphatic heterocycles. The Morgan fingerprint density at radius 3 is 2.91 bits per heavy atom. The van der Waals surface area contributed by atoms with E-state index in [1.807, 2.05) is 31.2 Å². The molecule has 0 bridgehead atoms. The molecule has 0 saturated carbocycles. The zero-order chi connectivity index (χ0) is 16.2. The molecule has 2 heterocycles. The second-order valence-corrected chi connectivity index (χ2v) is 6.51. The summed E-state index contributed by atoms with van der Waals surface area (Å²) < 4.78 is 0. The number of fused-ring (bicyclic) bond motifs is 1. The van der Waals surface area contributed by atoms with E-state index in [9.17, 15) is 4.79 Å². The van der Waals surface area contributed by atoms with E-state index in [2.05, 4.69) is 28.3 Å².